The molecule has 1 fully saturated rings. The number of rotatable bonds is 7. The fourth-order valence-electron chi connectivity index (χ4n) is 6.60. The second kappa shape index (κ2) is 10.5. The molecule has 7 rings (SSSR count). The number of aryl methyl sites for hydroxylation is 1. The van der Waals surface area contributed by atoms with Crippen molar-refractivity contribution in [2.75, 3.05) is 23.3 Å². The van der Waals surface area contributed by atoms with Gasteiger partial charge in [0.15, 0.2) is 11.6 Å². The highest BCUT2D eigenvalue weighted by Gasteiger charge is 2.35. The third-order valence-electron chi connectivity index (χ3n) is 8.84. The Bertz CT molecular complexity index is 1860. The van der Waals surface area contributed by atoms with Gasteiger partial charge in [0.05, 0.1) is 12.2 Å². The summed E-state index contributed by atoms with van der Waals surface area (Å²) in [6, 6.07) is 7.50. The van der Waals surface area contributed by atoms with E-state index in [1.165, 1.54) is 22.7 Å². The maximum atomic E-state index is 13.6. The van der Waals surface area contributed by atoms with Gasteiger partial charge >= 0.3 is 5.97 Å². The number of fused-ring (bicyclic) bond motifs is 3. The average Bonchev–Trinajstić information content (AvgIpc) is 3.57. The number of aromatic nitrogens is 4. The van der Waals surface area contributed by atoms with E-state index in [2.05, 4.69) is 35.0 Å². The first-order chi connectivity index (χ1) is 21.1. The number of carbonyl (C=O) groups is 2. The molecule has 5 heterocycles. The Morgan fingerprint density at radius 1 is 1.16 bits per heavy atom. The lowest BCUT2D eigenvalue weighted by Crippen LogP contribution is -2.31. The molecule has 11 heteroatoms. The summed E-state index contributed by atoms with van der Waals surface area (Å²) in [4.78, 5) is 45.4. The standard InChI is InChI=1S/C33H36N6O5/c1-19(40)43-18-24-23(22-11-25(32(42)37(4)16-22)35-30-13-29(44-36-30)20-5-6-20)7-8-34-31(24)38-9-10-39-26(28(41)17-38)12-21-14-33(2,3)15-27(21)39/h7-8,11-13,16,20H,5-6,9-10,14-15,17-18H2,1-4H3,(H,35,36). The van der Waals surface area contributed by atoms with Gasteiger partial charge in [-0.25, -0.2) is 4.98 Å². The summed E-state index contributed by atoms with van der Waals surface area (Å²) >= 11 is 0. The third kappa shape index (κ3) is 5.20. The number of hydrogen-bond acceptors (Lipinski definition) is 9. The average molecular weight is 597 g/mol. The molecule has 0 aromatic carbocycles. The number of nitrogens with one attached hydrogen (secondary N) is 1. The van der Waals surface area contributed by atoms with Gasteiger partial charge in [-0.15, -0.1) is 0 Å². The number of carbonyl (C=O) groups excluding carboxylic acids is 2. The number of esters is 1. The Balaban J connectivity index is 1.24. The van der Waals surface area contributed by atoms with Gasteiger partial charge in [-0.05, 0) is 60.4 Å². The minimum Gasteiger partial charge on any atom is -0.461 e. The van der Waals surface area contributed by atoms with Crippen LogP contribution in [0, 0.1) is 5.41 Å². The monoisotopic (exact) mass is 596 g/mol. The molecule has 4 aromatic heterocycles. The molecule has 0 radical (unpaired) electrons. The quantitative estimate of drug-likeness (QED) is 0.301. The van der Waals surface area contributed by atoms with Crippen molar-refractivity contribution in [3.8, 4) is 11.1 Å². The molecule has 0 amide bonds. The molecule has 1 aliphatic heterocycles. The fraction of sp³-hybridized carbons (Fsp3) is 0.424. The van der Waals surface area contributed by atoms with Gasteiger partial charge in [-0.1, -0.05) is 19.0 Å². The third-order valence-corrected chi connectivity index (χ3v) is 8.84. The topological polar surface area (TPSA) is 124 Å². The van der Waals surface area contributed by atoms with Crippen molar-refractivity contribution >= 4 is 29.1 Å². The first-order valence-electron chi connectivity index (χ1n) is 15.1. The van der Waals surface area contributed by atoms with Crippen molar-refractivity contribution in [2.24, 2.45) is 12.5 Å². The second-order valence-electron chi connectivity index (χ2n) is 13.0. The van der Waals surface area contributed by atoms with E-state index in [9.17, 15) is 14.4 Å². The summed E-state index contributed by atoms with van der Waals surface area (Å²) in [7, 11) is 1.69. The van der Waals surface area contributed by atoms with E-state index in [1.807, 2.05) is 17.0 Å². The second-order valence-corrected chi connectivity index (χ2v) is 13.0. The number of nitrogens with zero attached hydrogens (tertiary/aromatic N) is 5. The first-order valence-corrected chi connectivity index (χ1v) is 15.1. The Morgan fingerprint density at radius 3 is 2.75 bits per heavy atom. The van der Waals surface area contributed by atoms with Crippen LogP contribution in [-0.2, 0) is 42.6 Å². The first kappa shape index (κ1) is 28.1. The molecule has 0 bridgehead atoms. The van der Waals surface area contributed by atoms with Crippen LogP contribution in [0.2, 0.25) is 0 Å². The molecule has 0 atom stereocenters. The van der Waals surface area contributed by atoms with Crippen LogP contribution in [0.4, 0.5) is 17.3 Å². The smallest absolute Gasteiger partial charge is 0.302 e. The number of pyridine rings is 2. The molecule has 11 nitrogen and oxygen atoms in total. The molecule has 0 saturated heterocycles. The van der Waals surface area contributed by atoms with E-state index in [0.717, 1.165) is 48.3 Å². The summed E-state index contributed by atoms with van der Waals surface area (Å²) < 4.78 is 14.7. The summed E-state index contributed by atoms with van der Waals surface area (Å²) in [5, 5.41) is 7.23. The number of hydrogen-bond donors (Lipinski definition) is 1. The number of anilines is 3. The molecule has 44 heavy (non-hydrogen) atoms. The zero-order chi connectivity index (χ0) is 30.7. The van der Waals surface area contributed by atoms with Crippen LogP contribution in [0.1, 0.15) is 72.6 Å². The summed E-state index contributed by atoms with van der Waals surface area (Å²) in [5.41, 5.74) is 5.69. The van der Waals surface area contributed by atoms with Crippen LogP contribution in [0.25, 0.3) is 11.1 Å². The lowest BCUT2D eigenvalue weighted by molar-refractivity contribution is -0.142. The van der Waals surface area contributed by atoms with Crippen molar-refractivity contribution in [1.82, 2.24) is 19.3 Å². The van der Waals surface area contributed by atoms with Crippen LogP contribution in [0.15, 0.2) is 46.0 Å². The SMILES string of the molecule is CC(=O)OCc1c(-c2cc(Nc3cc(C4CC4)on3)c(=O)n(C)c2)ccnc1N1CCn2c(cc3c2CC(C)(C)C3)C(=O)C1. The van der Waals surface area contributed by atoms with Crippen LogP contribution < -0.4 is 15.8 Å². The highest BCUT2D eigenvalue weighted by atomic mass is 16.5. The summed E-state index contributed by atoms with van der Waals surface area (Å²) in [6.45, 7) is 7.24. The van der Waals surface area contributed by atoms with E-state index in [1.54, 1.807) is 25.5 Å². The van der Waals surface area contributed by atoms with E-state index >= 15 is 0 Å². The predicted molar refractivity (Wildman–Crippen MR) is 164 cm³/mol. The Hall–Kier alpha value is -4.67. The van der Waals surface area contributed by atoms with Crippen LogP contribution >= 0.6 is 0 Å². The van der Waals surface area contributed by atoms with Gasteiger partial charge in [0.1, 0.15) is 23.9 Å². The number of ketones is 1. The molecule has 0 unspecified atom stereocenters. The molecular formula is C33H36N6O5. The number of ether oxygens (including phenoxy) is 1. The Labute approximate surface area is 254 Å². The van der Waals surface area contributed by atoms with E-state index in [-0.39, 0.29) is 29.9 Å². The van der Waals surface area contributed by atoms with E-state index in [0.29, 0.717) is 41.9 Å². The van der Waals surface area contributed by atoms with Crippen LogP contribution in [0.5, 0.6) is 0 Å². The molecule has 1 N–H and O–H groups in total. The largest absolute Gasteiger partial charge is 0.461 e. The fourth-order valence-corrected chi connectivity index (χ4v) is 6.60. The van der Waals surface area contributed by atoms with Crippen molar-refractivity contribution in [1.29, 1.82) is 0 Å². The lowest BCUT2D eigenvalue weighted by atomic mass is 9.90. The minimum absolute atomic E-state index is 0.0337. The van der Waals surface area contributed by atoms with Gasteiger partial charge in [0.2, 0.25) is 0 Å². The molecule has 3 aliphatic rings. The van der Waals surface area contributed by atoms with Crippen molar-refractivity contribution in [3.05, 3.63) is 75.3 Å². The van der Waals surface area contributed by atoms with Crippen molar-refractivity contribution in [3.63, 3.8) is 0 Å². The van der Waals surface area contributed by atoms with Crippen molar-refractivity contribution in [2.45, 2.75) is 65.5 Å². The Morgan fingerprint density at radius 2 is 1.98 bits per heavy atom. The normalized spacial score (nSPS) is 17.3. The van der Waals surface area contributed by atoms with Gasteiger partial charge in [0, 0.05) is 68.3 Å². The van der Waals surface area contributed by atoms with E-state index < -0.39 is 5.97 Å². The van der Waals surface area contributed by atoms with Gasteiger partial charge in [-0.3, -0.25) is 14.4 Å². The predicted octanol–water partition coefficient (Wildman–Crippen LogP) is 4.75. The molecule has 2 aliphatic carbocycles. The zero-order valence-electron chi connectivity index (χ0n) is 25.5. The van der Waals surface area contributed by atoms with Gasteiger partial charge < -0.3 is 28.6 Å². The maximum absolute atomic E-state index is 13.6. The molecule has 228 valence electrons. The highest BCUT2D eigenvalue weighted by Crippen LogP contribution is 2.41. The molecule has 4 aromatic rings. The van der Waals surface area contributed by atoms with E-state index in [4.69, 9.17) is 14.2 Å². The van der Waals surface area contributed by atoms with Gasteiger partial charge in [0.25, 0.3) is 5.56 Å². The number of Topliss-reactive ketones (excluding diaryl/α,β-unsaturated/α-hetero) is 1. The summed E-state index contributed by atoms with van der Waals surface area (Å²) in [5.74, 6) is 1.87. The molecular weight excluding hydrogens is 560 g/mol. The van der Waals surface area contributed by atoms with Crippen molar-refractivity contribution < 1.29 is 18.8 Å². The Kier molecular flexibility index (Phi) is 6.71. The van der Waals surface area contributed by atoms with Crippen LogP contribution in [-0.4, -0.2) is 44.1 Å². The molecule has 0 spiro atoms. The zero-order valence-corrected chi connectivity index (χ0v) is 25.5. The van der Waals surface area contributed by atoms with Crippen LogP contribution in [0.3, 0.4) is 0 Å². The summed E-state index contributed by atoms with van der Waals surface area (Å²) in [6.07, 6.45) is 7.51. The van der Waals surface area contributed by atoms with Gasteiger partial charge in [-0.2, -0.15) is 0 Å². The minimum atomic E-state index is -0.424. The highest BCUT2D eigenvalue weighted by molar-refractivity contribution is 5.99. The lowest BCUT2D eigenvalue weighted by Gasteiger charge is -2.25. The maximum Gasteiger partial charge on any atom is 0.302 e. The molecule has 1 saturated carbocycles.